The first-order valence-electron chi connectivity index (χ1n) is 10.9. The Balaban J connectivity index is 1.73. The molecule has 1 aliphatic rings. The molecule has 3 atom stereocenters. The van der Waals surface area contributed by atoms with E-state index in [1.165, 1.54) is 6.20 Å². The van der Waals surface area contributed by atoms with E-state index in [1.807, 2.05) is 31.2 Å². The molecule has 0 radical (unpaired) electrons. The van der Waals surface area contributed by atoms with Gasteiger partial charge in [0.25, 0.3) is 5.91 Å². The van der Waals surface area contributed by atoms with Crippen molar-refractivity contribution >= 4 is 31.6 Å². The molecule has 3 rings (SSSR count). The summed E-state index contributed by atoms with van der Waals surface area (Å²) in [6.45, 7) is 13.2. The number of benzene rings is 1. The molecule has 0 aliphatic heterocycles. The summed E-state index contributed by atoms with van der Waals surface area (Å²) in [5.74, 6) is -0.0305. The Morgan fingerprint density at radius 3 is 2.72 bits per heavy atom. The molecule has 0 spiro atoms. The maximum absolute atomic E-state index is 13.0. The third-order valence-electron chi connectivity index (χ3n) is 6.38. The standard InChI is InChI=1S/C23H33ClN4O3Si/c1-14(13-31-32(5,6)23(2,3)4)26-21(30)17-12-25-22(24)28-20(17)27-19-16-10-8-7-9-15(16)11-18(19)29/h7-10,12,14,18-19,29H,11,13H2,1-6H3,(H,26,30)(H,25,27,28)/t14-,18-,19+/m1/s1. The Kier molecular flexibility index (Phi) is 7.29. The lowest BCUT2D eigenvalue weighted by Gasteiger charge is -2.37. The lowest BCUT2D eigenvalue weighted by molar-refractivity contribution is 0.0924. The molecular weight excluding hydrogens is 444 g/mol. The van der Waals surface area contributed by atoms with Crippen LogP contribution in [0.15, 0.2) is 30.5 Å². The smallest absolute Gasteiger partial charge is 0.256 e. The van der Waals surface area contributed by atoms with Gasteiger partial charge in [0.1, 0.15) is 11.4 Å². The SMILES string of the molecule is C[C@H](CO[Si](C)(C)C(C)(C)C)NC(=O)c1cnc(Cl)nc1N[C@H]1c2ccccc2C[C@H]1O. The zero-order valence-corrected chi connectivity index (χ0v) is 21.3. The molecule has 3 N–H and O–H groups in total. The highest BCUT2D eigenvalue weighted by molar-refractivity contribution is 6.74. The van der Waals surface area contributed by atoms with Crippen LogP contribution in [0.5, 0.6) is 0 Å². The van der Waals surface area contributed by atoms with Crippen molar-refractivity contribution in [2.75, 3.05) is 11.9 Å². The number of aromatic nitrogens is 2. The van der Waals surface area contributed by atoms with Crippen LogP contribution in [0.4, 0.5) is 5.82 Å². The Morgan fingerprint density at radius 1 is 1.34 bits per heavy atom. The maximum atomic E-state index is 13.0. The number of rotatable bonds is 7. The van der Waals surface area contributed by atoms with Crippen LogP contribution in [0.2, 0.25) is 23.4 Å². The van der Waals surface area contributed by atoms with Crippen molar-refractivity contribution in [2.24, 2.45) is 0 Å². The summed E-state index contributed by atoms with van der Waals surface area (Å²) in [5, 5.41) is 16.9. The highest BCUT2D eigenvalue weighted by atomic mass is 35.5. The number of aliphatic hydroxyl groups is 1. The number of hydrogen-bond donors (Lipinski definition) is 3. The second-order valence-corrected chi connectivity index (χ2v) is 15.1. The molecule has 32 heavy (non-hydrogen) atoms. The second kappa shape index (κ2) is 9.47. The second-order valence-electron chi connectivity index (χ2n) is 9.94. The molecule has 0 unspecified atom stereocenters. The Bertz CT molecular complexity index is 980. The lowest BCUT2D eigenvalue weighted by atomic mass is 10.1. The van der Waals surface area contributed by atoms with Gasteiger partial charge in [-0.05, 0) is 47.8 Å². The minimum Gasteiger partial charge on any atom is -0.415 e. The number of amides is 1. The van der Waals surface area contributed by atoms with Crippen molar-refractivity contribution < 1.29 is 14.3 Å². The van der Waals surface area contributed by atoms with Crippen molar-refractivity contribution in [1.82, 2.24) is 15.3 Å². The number of nitrogens with one attached hydrogen (secondary N) is 2. The topological polar surface area (TPSA) is 96.4 Å². The molecular formula is C23H33ClN4O3Si. The van der Waals surface area contributed by atoms with E-state index in [4.69, 9.17) is 16.0 Å². The number of aliphatic hydroxyl groups excluding tert-OH is 1. The quantitative estimate of drug-likeness (QED) is 0.406. The van der Waals surface area contributed by atoms with Gasteiger partial charge in [-0.3, -0.25) is 4.79 Å². The van der Waals surface area contributed by atoms with Gasteiger partial charge >= 0.3 is 0 Å². The summed E-state index contributed by atoms with van der Waals surface area (Å²) in [6.07, 6.45) is 1.31. The van der Waals surface area contributed by atoms with Gasteiger partial charge in [-0.15, -0.1) is 0 Å². The molecule has 0 bridgehead atoms. The Labute approximate surface area is 196 Å². The first-order valence-corrected chi connectivity index (χ1v) is 14.2. The van der Waals surface area contributed by atoms with E-state index in [0.717, 1.165) is 11.1 Å². The first-order chi connectivity index (χ1) is 14.9. The van der Waals surface area contributed by atoms with Crippen molar-refractivity contribution in [3.05, 3.63) is 52.4 Å². The highest BCUT2D eigenvalue weighted by Crippen LogP contribution is 2.37. The zero-order valence-electron chi connectivity index (χ0n) is 19.6. The molecule has 0 saturated heterocycles. The molecule has 1 aromatic carbocycles. The highest BCUT2D eigenvalue weighted by Gasteiger charge is 2.37. The molecule has 1 aliphatic carbocycles. The van der Waals surface area contributed by atoms with Crippen molar-refractivity contribution in [3.8, 4) is 0 Å². The van der Waals surface area contributed by atoms with Crippen molar-refractivity contribution in [1.29, 1.82) is 0 Å². The summed E-state index contributed by atoms with van der Waals surface area (Å²) in [7, 11) is -1.92. The zero-order chi connectivity index (χ0) is 23.7. The van der Waals surface area contributed by atoms with Gasteiger partial charge in [0, 0.05) is 18.7 Å². The van der Waals surface area contributed by atoms with Crippen LogP contribution in [0.3, 0.4) is 0 Å². The number of anilines is 1. The number of fused-ring (bicyclic) bond motifs is 1. The molecule has 174 valence electrons. The van der Waals surface area contributed by atoms with Crippen molar-refractivity contribution in [2.45, 2.75) is 70.4 Å². The third-order valence-corrected chi connectivity index (χ3v) is 11.1. The van der Waals surface area contributed by atoms with Crippen LogP contribution in [-0.2, 0) is 10.8 Å². The van der Waals surface area contributed by atoms with Gasteiger partial charge in [0.15, 0.2) is 8.32 Å². The summed E-state index contributed by atoms with van der Waals surface area (Å²) in [5.41, 5.74) is 2.32. The summed E-state index contributed by atoms with van der Waals surface area (Å²) in [4.78, 5) is 21.3. The average Bonchev–Trinajstić information content (AvgIpc) is 3.01. The summed E-state index contributed by atoms with van der Waals surface area (Å²) in [6, 6.07) is 7.25. The molecule has 1 aromatic heterocycles. The van der Waals surface area contributed by atoms with E-state index >= 15 is 0 Å². The van der Waals surface area contributed by atoms with E-state index < -0.39 is 14.4 Å². The van der Waals surface area contributed by atoms with E-state index in [-0.39, 0.29) is 33.9 Å². The third kappa shape index (κ3) is 5.48. The van der Waals surface area contributed by atoms with Crippen LogP contribution in [0.1, 0.15) is 55.2 Å². The van der Waals surface area contributed by atoms with Gasteiger partial charge < -0.3 is 20.2 Å². The fourth-order valence-electron chi connectivity index (χ4n) is 3.42. The van der Waals surface area contributed by atoms with Gasteiger partial charge in [-0.25, -0.2) is 4.98 Å². The molecule has 9 heteroatoms. The van der Waals surface area contributed by atoms with Crippen molar-refractivity contribution in [3.63, 3.8) is 0 Å². The van der Waals surface area contributed by atoms with Gasteiger partial charge in [0.2, 0.25) is 5.28 Å². The number of carbonyl (C=O) groups excluding carboxylic acids is 1. The van der Waals surface area contributed by atoms with E-state index in [9.17, 15) is 9.90 Å². The van der Waals surface area contributed by atoms with Crippen LogP contribution >= 0.6 is 11.6 Å². The predicted molar refractivity (Wildman–Crippen MR) is 130 cm³/mol. The molecule has 1 heterocycles. The lowest BCUT2D eigenvalue weighted by Crippen LogP contribution is -2.45. The number of halogens is 1. The number of carbonyl (C=O) groups is 1. The number of hydrogen-bond acceptors (Lipinski definition) is 6. The Hall–Kier alpha value is -2.00. The molecule has 7 nitrogen and oxygen atoms in total. The predicted octanol–water partition coefficient (Wildman–Crippen LogP) is 4.34. The fourth-order valence-corrected chi connectivity index (χ4v) is 4.66. The molecule has 1 amide bonds. The molecule has 0 saturated carbocycles. The van der Waals surface area contributed by atoms with Gasteiger partial charge in [0.05, 0.1) is 18.8 Å². The van der Waals surface area contributed by atoms with E-state index in [1.54, 1.807) is 0 Å². The summed E-state index contributed by atoms with van der Waals surface area (Å²) < 4.78 is 6.23. The minimum atomic E-state index is -1.92. The van der Waals surface area contributed by atoms with Crippen LogP contribution < -0.4 is 10.6 Å². The van der Waals surface area contributed by atoms with Crippen LogP contribution in [0, 0.1) is 0 Å². The average molecular weight is 477 g/mol. The van der Waals surface area contributed by atoms with Gasteiger partial charge in [-0.1, -0.05) is 45.0 Å². The van der Waals surface area contributed by atoms with Crippen LogP contribution in [-0.4, -0.2) is 48.1 Å². The summed E-state index contributed by atoms with van der Waals surface area (Å²) >= 11 is 6.02. The monoisotopic (exact) mass is 476 g/mol. The number of nitrogens with zero attached hydrogens (tertiary/aromatic N) is 2. The molecule has 2 aromatic rings. The first kappa shape index (κ1) is 24.6. The van der Waals surface area contributed by atoms with E-state index in [0.29, 0.717) is 18.8 Å². The van der Waals surface area contributed by atoms with Crippen LogP contribution in [0.25, 0.3) is 0 Å². The normalized spacial score (nSPS) is 19.4. The maximum Gasteiger partial charge on any atom is 0.256 e. The Morgan fingerprint density at radius 2 is 2.03 bits per heavy atom. The fraction of sp³-hybridized carbons (Fsp3) is 0.522. The molecule has 0 fully saturated rings. The minimum absolute atomic E-state index is 0.0270. The largest absolute Gasteiger partial charge is 0.415 e. The van der Waals surface area contributed by atoms with Gasteiger partial charge in [-0.2, -0.15) is 4.98 Å². The van der Waals surface area contributed by atoms with E-state index in [2.05, 4.69) is 54.5 Å².